The van der Waals surface area contributed by atoms with Gasteiger partial charge in [0, 0.05) is 33.4 Å². The van der Waals surface area contributed by atoms with Crippen LogP contribution in [0.4, 0.5) is 0 Å². The Hall–Kier alpha value is -10.6. The molecule has 10 rings (SSSR count). The lowest BCUT2D eigenvalue weighted by molar-refractivity contribution is 0.0592. The third-order valence-electron chi connectivity index (χ3n) is 12.8. The maximum absolute atomic E-state index is 12.7. The van der Waals surface area contributed by atoms with Crippen molar-refractivity contribution in [1.29, 1.82) is 0 Å². The van der Waals surface area contributed by atoms with E-state index in [1.54, 1.807) is 146 Å². The number of carbonyl (C=O) groups excluding carboxylic acids is 6. The lowest BCUT2D eigenvalue weighted by Crippen LogP contribution is -2.06. The second kappa shape index (κ2) is 21.3. The Morgan fingerprint density at radius 2 is 0.333 bits per heavy atom. The smallest absolute Gasteiger partial charge is 0.337 e. The monoisotopic (exact) mass is 1040 g/mol. The minimum Gasteiger partial charge on any atom is -0.465 e. The van der Waals surface area contributed by atoms with E-state index >= 15 is 0 Å². The Morgan fingerprint density at radius 1 is 0.218 bits per heavy atom. The van der Waals surface area contributed by atoms with Crippen LogP contribution in [0.5, 0.6) is 0 Å². The van der Waals surface area contributed by atoms with E-state index in [1.807, 2.05) is 0 Å². The predicted molar refractivity (Wildman–Crippen MR) is 286 cm³/mol. The molecular weight excluding hydrogens is 997 g/mol. The summed E-state index contributed by atoms with van der Waals surface area (Å²) in [4.78, 5) is 108. The Bertz CT molecular complexity index is 3340. The highest BCUT2D eigenvalue weighted by molar-refractivity contribution is 6.20. The zero-order chi connectivity index (χ0) is 54.8. The third-order valence-corrected chi connectivity index (χ3v) is 12.8. The summed E-state index contributed by atoms with van der Waals surface area (Å²) in [7, 11) is 7.74. The van der Waals surface area contributed by atoms with Gasteiger partial charge in [-0.1, -0.05) is 72.8 Å². The summed E-state index contributed by atoms with van der Waals surface area (Å²) < 4.78 is 30.0. The summed E-state index contributed by atoms with van der Waals surface area (Å²) in [5.74, 6) is -3.29. The lowest BCUT2D eigenvalue weighted by Gasteiger charge is -2.18. The molecule has 78 heavy (non-hydrogen) atoms. The molecule has 0 fully saturated rings. The first-order valence-electron chi connectivity index (χ1n) is 23.8. The van der Waals surface area contributed by atoms with E-state index in [1.165, 1.54) is 42.7 Å². The summed E-state index contributed by atoms with van der Waals surface area (Å²) in [5.41, 5.74) is 8.33. The molecule has 0 aliphatic carbocycles. The first-order chi connectivity index (χ1) is 37.9. The fraction of sp³-hybridized carbons (Fsp3) is 0.100. The molecule has 18 nitrogen and oxygen atoms in total. The number of carbonyl (C=O) groups is 6. The van der Waals surface area contributed by atoms with Crippen molar-refractivity contribution >= 4 is 68.9 Å². The highest BCUT2D eigenvalue weighted by atomic mass is 16.5. The van der Waals surface area contributed by atoms with Gasteiger partial charge in [-0.05, 0) is 72.8 Å². The topological polar surface area (TPSA) is 235 Å². The van der Waals surface area contributed by atoms with Crippen LogP contribution in [0.25, 0.3) is 101 Å². The Kier molecular flexibility index (Phi) is 13.9. The number of benzene rings is 7. The normalized spacial score (nSPS) is 11.0. The molecular formula is C60H42N6O12. The van der Waals surface area contributed by atoms with Crippen molar-refractivity contribution in [2.24, 2.45) is 0 Å². The van der Waals surface area contributed by atoms with Gasteiger partial charge >= 0.3 is 35.8 Å². The number of aromatic nitrogens is 6. The standard InChI is InChI=1S/C60H42N6O12/c1-73-55(67)37-19-7-31(8-20-37)43-44(32-9-21-38(22-10-32)56(68)74-2)62-50-49(61-43)51-53(65-46(34-13-25-40(26-14-34)58(70)76-4)45(63-51)33-11-23-39(24-12-33)57(69)75-3)54-52(50)64-47(35-15-27-41(28-16-35)59(71)77-5)48(66-54)36-17-29-42(30-18-36)60(72)78-6/h7-30H,1-6H3. The quantitative estimate of drug-likeness (QED) is 0.0628. The number of hydrogen-bond donors (Lipinski definition) is 0. The molecule has 0 bridgehead atoms. The number of methoxy groups -OCH3 is 6. The number of hydrogen-bond acceptors (Lipinski definition) is 18. The van der Waals surface area contributed by atoms with Crippen LogP contribution >= 0.6 is 0 Å². The van der Waals surface area contributed by atoms with Crippen LogP contribution < -0.4 is 0 Å². The van der Waals surface area contributed by atoms with Crippen LogP contribution in [0.2, 0.25) is 0 Å². The highest BCUT2D eigenvalue weighted by Crippen LogP contribution is 2.42. The van der Waals surface area contributed by atoms with Crippen LogP contribution in [-0.4, -0.2) is 108 Å². The van der Waals surface area contributed by atoms with Crippen molar-refractivity contribution in [1.82, 2.24) is 29.9 Å². The molecule has 0 N–H and O–H groups in total. The van der Waals surface area contributed by atoms with Gasteiger partial charge in [-0.2, -0.15) is 0 Å². The summed E-state index contributed by atoms with van der Waals surface area (Å²) in [6.07, 6.45) is 0. The Labute approximate surface area is 443 Å². The Balaban J connectivity index is 1.37. The minimum atomic E-state index is -0.548. The van der Waals surface area contributed by atoms with E-state index in [4.69, 9.17) is 58.3 Å². The molecule has 3 aromatic heterocycles. The lowest BCUT2D eigenvalue weighted by atomic mass is 9.99. The molecule has 7 aromatic carbocycles. The minimum absolute atomic E-state index is 0.225. The van der Waals surface area contributed by atoms with Crippen molar-refractivity contribution < 1.29 is 57.2 Å². The fourth-order valence-corrected chi connectivity index (χ4v) is 8.80. The van der Waals surface area contributed by atoms with Gasteiger partial charge in [-0.25, -0.2) is 58.7 Å². The van der Waals surface area contributed by atoms with E-state index < -0.39 is 35.8 Å². The Morgan fingerprint density at radius 3 is 0.436 bits per heavy atom. The van der Waals surface area contributed by atoms with Gasteiger partial charge in [0.1, 0.15) is 33.1 Å². The molecule has 0 aliphatic rings. The molecule has 0 atom stereocenters. The first-order valence-corrected chi connectivity index (χ1v) is 23.8. The van der Waals surface area contributed by atoms with Crippen molar-refractivity contribution in [3.05, 3.63) is 179 Å². The second-order valence-corrected chi connectivity index (χ2v) is 17.3. The summed E-state index contributed by atoms with van der Waals surface area (Å²) in [6, 6.07) is 39.8. The number of nitrogens with zero attached hydrogens (tertiary/aromatic N) is 6. The van der Waals surface area contributed by atoms with Crippen LogP contribution in [-0.2, 0) is 28.4 Å². The van der Waals surface area contributed by atoms with E-state index in [-0.39, 0.29) is 66.5 Å². The average molecular weight is 1040 g/mol. The van der Waals surface area contributed by atoms with Gasteiger partial charge < -0.3 is 28.4 Å². The SMILES string of the molecule is COC(=O)c1ccc(-c2nc3c4nc(-c5ccc(C(=O)OC)cc5)c(-c5ccc(C(=O)OC)cc5)nc4c4nc(-c5ccc(C(=O)OC)cc5)c(-c5ccc(C(=O)OC)cc5)nc4c3nc2-c2ccc(C(=O)OC)cc2)cc1. The van der Waals surface area contributed by atoms with Gasteiger partial charge in [0.15, 0.2) is 0 Å². The molecule has 0 aliphatic heterocycles. The molecule has 0 saturated heterocycles. The average Bonchev–Trinajstić information content (AvgIpc) is 3.70. The molecule has 384 valence electrons. The van der Waals surface area contributed by atoms with E-state index in [0.29, 0.717) is 67.5 Å². The van der Waals surface area contributed by atoms with Crippen molar-refractivity contribution in [3.8, 4) is 67.5 Å². The van der Waals surface area contributed by atoms with Crippen molar-refractivity contribution in [2.75, 3.05) is 42.7 Å². The number of esters is 6. The molecule has 0 spiro atoms. The first kappa shape index (κ1) is 50.9. The maximum Gasteiger partial charge on any atom is 0.337 e. The zero-order valence-corrected chi connectivity index (χ0v) is 42.4. The third kappa shape index (κ3) is 9.45. The summed E-state index contributed by atoms with van der Waals surface area (Å²) >= 11 is 0. The predicted octanol–water partition coefficient (Wildman–Crippen LogP) is 10.2. The van der Waals surface area contributed by atoms with Gasteiger partial charge in [0.25, 0.3) is 0 Å². The molecule has 18 heteroatoms. The van der Waals surface area contributed by atoms with Crippen molar-refractivity contribution in [3.63, 3.8) is 0 Å². The molecule has 10 aromatic rings. The zero-order valence-electron chi connectivity index (χ0n) is 42.4. The molecule has 0 radical (unpaired) electrons. The second-order valence-electron chi connectivity index (χ2n) is 17.3. The summed E-state index contributed by atoms with van der Waals surface area (Å²) in [5, 5.41) is 0. The number of ether oxygens (including phenoxy) is 6. The van der Waals surface area contributed by atoms with E-state index in [9.17, 15) is 28.8 Å². The maximum atomic E-state index is 12.7. The van der Waals surface area contributed by atoms with Gasteiger partial charge in [0.05, 0.1) is 110 Å². The van der Waals surface area contributed by atoms with Crippen LogP contribution in [0.15, 0.2) is 146 Å². The summed E-state index contributed by atoms with van der Waals surface area (Å²) in [6.45, 7) is 0. The van der Waals surface area contributed by atoms with Crippen LogP contribution in [0.1, 0.15) is 62.1 Å². The molecule has 0 saturated carbocycles. The van der Waals surface area contributed by atoms with Crippen molar-refractivity contribution in [2.45, 2.75) is 0 Å². The highest BCUT2D eigenvalue weighted by Gasteiger charge is 2.27. The van der Waals surface area contributed by atoms with E-state index in [0.717, 1.165) is 0 Å². The van der Waals surface area contributed by atoms with Crippen LogP contribution in [0, 0.1) is 0 Å². The number of fused-ring (bicyclic) bond motifs is 6. The fourth-order valence-electron chi connectivity index (χ4n) is 8.80. The molecule has 0 amide bonds. The molecule has 0 unspecified atom stereocenters. The molecule has 3 heterocycles. The van der Waals surface area contributed by atoms with Gasteiger partial charge in [-0.15, -0.1) is 0 Å². The largest absolute Gasteiger partial charge is 0.465 e. The van der Waals surface area contributed by atoms with Gasteiger partial charge in [-0.3, -0.25) is 0 Å². The van der Waals surface area contributed by atoms with Crippen LogP contribution in [0.3, 0.4) is 0 Å². The van der Waals surface area contributed by atoms with Gasteiger partial charge in [0.2, 0.25) is 0 Å². The number of rotatable bonds is 12. The van der Waals surface area contributed by atoms with E-state index in [2.05, 4.69) is 0 Å².